The van der Waals surface area contributed by atoms with Gasteiger partial charge in [0, 0.05) is 43.9 Å². The molecule has 3 heterocycles. The molecule has 10 aromatic carbocycles. The van der Waals surface area contributed by atoms with E-state index in [2.05, 4.69) is 211 Å². The summed E-state index contributed by atoms with van der Waals surface area (Å²) in [4.78, 5) is 15.6. The molecule has 5 nitrogen and oxygen atoms in total. The van der Waals surface area contributed by atoms with Crippen molar-refractivity contribution in [1.82, 2.24) is 19.5 Å². The summed E-state index contributed by atoms with van der Waals surface area (Å²) in [5.74, 6) is 1.81. The fourth-order valence-corrected chi connectivity index (χ4v) is 9.83. The molecule has 0 fully saturated rings. The van der Waals surface area contributed by atoms with E-state index in [1.54, 1.807) is 0 Å². The quantitative estimate of drug-likeness (QED) is 0.153. The summed E-state index contributed by atoms with van der Waals surface area (Å²) in [5.41, 5.74) is 16.5. The summed E-state index contributed by atoms with van der Waals surface area (Å²) in [7, 11) is 0. The van der Waals surface area contributed by atoms with Crippen molar-refractivity contribution in [2.24, 2.45) is 0 Å². The Labute approximate surface area is 392 Å². The van der Waals surface area contributed by atoms with Crippen molar-refractivity contribution in [2.75, 3.05) is 0 Å². The number of aromatic nitrogens is 4. The number of nitrogens with zero attached hydrogens (tertiary/aromatic N) is 4. The van der Waals surface area contributed by atoms with Crippen LogP contribution in [-0.4, -0.2) is 19.5 Å². The van der Waals surface area contributed by atoms with Crippen LogP contribution in [-0.2, 0) is 0 Å². The van der Waals surface area contributed by atoms with Gasteiger partial charge in [0.15, 0.2) is 23.1 Å². The van der Waals surface area contributed by atoms with Gasteiger partial charge in [-0.3, -0.25) is 0 Å². The average molecular weight is 869 g/mol. The van der Waals surface area contributed by atoms with Gasteiger partial charge in [-0.2, -0.15) is 0 Å². The molecule has 5 heteroatoms. The zero-order chi connectivity index (χ0) is 45.0. The topological polar surface area (TPSA) is 56.7 Å². The summed E-state index contributed by atoms with van der Waals surface area (Å²) in [6.07, 6.45) is 0. The molecule has 3 aromatic heterocycles. The maximum absolute atomic E-state index is 6.91. The Balaban J connectivity index is 1.04. The normalized spacial score (nSPS) is 11.5. The number of rotatable bonds is 8. The molecule has 0 saturated heterocycles. The van der Waals surface area contributed by atoms with Crippen LogP contribution in [0.2, 0.25) is 0 Å². The van der Waals surface area contributed by atoms with Crippen LogP contribution < -0.4 is 0 Å². The molecule has 0 radical (unpaired) electrons. The molecule has 13 rings (SSSR count). The van der Waals surface area contributed by atoms with E-state index in [1.165, 1.54) is 16.5 Å². The van der Waals surface area contributed by atoms with E-state index < -0.39 is 0 Å². The van der Waals surface area contributed by atoms with Crippen molar-refractivity contribution in [3.63, 3.8) is 0 Å². The highest BCUT2D eigenvalue weighted by Crippen LogP contribution is 2.44. The molecule has 0 bridgehead atoms. The second-order valence-corrected chi connectivity index (χ2v) is 17.1. The smallest absolute Gasteiger partial charge is 0.164 e. The van der Waals surface area contributed by atoms with Gasteiger partial charge in [-0.05, 0) is 93.0 Å². The number of hydrogen-bond donors (Lipinski definition) is 0. The van der Waals surface area contributed by atoms with Gasteiger partial charge in [-0.15, -0.1) is 0 Å². The molecule has 0 aliphatic heterocycles. The average Bonchev–Trinajstić information content (AvgIpc) is 3.97. The second-order valence-electron chi connectivity index (χ2n) is 17.1. The molecule has 0 unspecified atom stereocenters. The van der Waals surface area contributed by atoms with Crippen LogP contribution in [0.15, 0.2) is 247 Å². The van der Waals surface area contributed by atoms with Gasteiger partial charge >= 0.3 is 0 Å². The van der Waals surface area contributed by atoms with Gasteiger partial charge in [0.1, 0.15) is 5.58 Å². The summed E-state index contributed by atoms with van der Waals surface area (Å²) >= 11 is 0. The first-order chi connectivity index (χ1) is 33.7. The maximum atomic E-state index is 6.91. The highest BCUT2D eigenvalue weighted by atomic mass is 16.3. The molecule has 318 valence electrons. The monoisotopic (exact) mass is 868 g/mol. The van der Waals surface area contributed by atoms with Crippen molar-refractivity contribution < 1.29 is 4.42 Å². The molecule has 0 N–H and O–H groups in total. The number of furan rings is 1. The second kappa shape index (κ2) is 16.4. The lowest BCUT2D eigenvalue weighted by Gasteiger charge is -2.16. The minimum absolute atomic E-state index is 0.588. The number of para-hydroxylation sites is 2. The first kappa shape index (κ1) is 39.2. The summed E-state index contributed by atoms with van der Waals surface area (Å²) < 4.78 is 9.24. The summed E-state index contributed by atoms with van der Waals surface area (Å²) in [5, 5.41) is 4.43. The lowest BCUT2D eigenvalue weighted by Crippen LogP contribution is -2.01. The molecule has 68 heavy (non-hydrogen) atoms. The Bertz CT molecular complexity index is 3940. The van der Waals surface area contributed by atoms with Crippen LogP contribution in [0.25, 0.3) is 128 Å². The molecular weight excluding hydrogens is 829 g/mol. The van der Waals surface area contributed by atoms with E-state index in [0.29, 0.717) is 17.5 Å². The first-order valence-electron chi connectivity index (χ1n) is 22.9. The summed E-state index contributed by atoms with van der Waals surface area (Å²) in [6, 6.07) is 85.2. The van der Waals surface area contributed by atoms with Crippen LogP contribution in [0.5, 0.6) is 0 Å². The fourth-order valence-electron chi connectivity index (χ4n) is 9.83. The molecule has 0 aliphatic carbocycles. The van der Waals surface area contributed by atoms with Crippen molar-refractivity contribution in [1.29, 1.82) is 0 Å². The third-order valence-corrected chi connectivity index (χ3v) is 13.1. The Morgan fingerprint density at radius 2 is 0.779 bits per heavy atom. The predicted molar refractivity (Wildman–Crippen MR) is 279 cm³/mol. The molecule has 0 spiro atoms. The van der Waals surface area contributed by atoms with E-state index in [9.17, 15) is 0 Å². The van der Waals surface area contributed by atoms with E-state index in [1.807, 2.05) is 36.4 Å². The molecule has 0 amide bonds. The van der Waals surface area contributed by atoms with E-state index in [0.717, 1.165) is 94.1 Å². The standard InChI is InChI=1S/C63H40N4O/c1-6-18-41(19-7-1)49-33-30-45(38-54(49)42-20-8-2-9-21-42)46-31-34-50(56(39-46)63-65-61(43-22-10-3-11-23-43)64-62(66-63)44-24-12-4-13-25-44)47-32-37-58-55(40-47)53-36-35-52-51-28-16-17-29-57(51)67(59(52)60(53)68-58)48-26-14-5-15-27-48/h1-40H. The highest BCUT2D eigenvalue weighted by Gasteiger charge is 2.22. The number of fused-ring (bicyclic) bond motifs is 7. The van der Waals surface area contributed by atoms with Gasteiger partial charge in [0.25, 0.3) is 0 Å². The van der Waals surface area contributed by atoms with Crippen molar-refractivity contribution in [2.45, 2.75) is 0 Å². The van der Waals surface area contributed by atoms with Crippen molar-refractivity contribution in [3.8, 4) is 84.4 Å². The molecule has 13 aromatic rings. The SMILES string of the molecule is c1ccc(-c2nc(-c3ccccc3)nc(-c3cc(-c4ccc(-c5ccccc5)c(-c5ccccc5)c4)ccc3-c3ccc4oc5c(ccc6c7ccccc7n(-c7ccccc7)c65)c4c3)n2)cc1. The highest BCUT2D eigenvalue weighted by molar-refractivity contribution is 6.21. The molecule has 0 aliphatic rings. The molecule has 0 saturated carbocycles. The number of hydrogen-bond acceptors (Lipinski definition) is 4. The number of benzene rings is 10. The Kier molecular flexibility index (Phi) is 9.43. The lowest BCUT2D eigenvalue weighted by molar-refractivity contribution is 0.671. The summed E-state index contributed by atoms with van der Waals surface area (Å²) in [6.45, 7) is 0. The van der Waals surface area contributed by atoms with E-state index >= 15 is 0 Å². The van der Waals surface area contributed by atoms with E-state index in [-0.39, 0.29) is 0 Å². The third kappa shape index (κ3) is 6.76. The zero-order valence-electron chi connectivity index (χ0n) is 36.8. The van der Waals surface area contributed by atoms with Crippen LogP contribution in [0, 0.1) is 0 Å². The minimum Gasteiger partial charge on any atom is -0.454 e. The Morgan fingerprint density at radius 1 is 0.294 bits per heavy atom. The van der Waals surface area contributed by atoms with Crippen LogP contribution in [0.1, 0.15) is 0 Å². The maximum Gasteiger partial charge on any atom is 0.164 e. The minimum atomic E-state index is 0.588. The van der Waals surface area contributed by atoms with E-state index in [4.69, 9.17) is 19.4 Å². The van der Waals surface area contributed by atoms with Crippen molar-refractivity contribution >= 4 is 43.7 Å². The Morgan fingerprint density at radius 3 is 1.41 bits per heavy atom. The van der Waals surface area contributed by atoms with Gasteiger partial charge in [-0.1, -0.05) is 194 Å². The van der Waals surface area contributed by atoms with Crippen molar-refractivity contribution in [3.05, 3.63) is 243 Å². The Hall–Kier alpha value is -9.19. The van der Waals surface area contributed by atoms with Gasteiger partial charge in [0.2, 0.25) is 0 Å². The van der Waals surface area contributed by atoms with Gasteiger partial charge in [-0.25, -0.2) is 15.0 Å². The van der Waals surface area contributed by atoms with Crippen LogP contribution in [0.4, 0.5) is 0 Å². The molecule has 0 atom stereocenters. The fraction of sp³-hybridized carbons (Fsp3) is 0. The largest absolute Gasteiger partial charge is 0.454 e. The first-order valence-corrected chi connectivity index (χ1v) is 22.9. The van der Waals surface area contributed by atoms with Crippen LogP contribution in [0.3, 0.4) is 0 Å². The van der Waals surface area contributed by atoms with Gasteiger partial charge < -0.3 is 8.98 Å². The lowest BCUT2D eigenvalue weighted by atomic mass is 9.89. The predicted octanol–water partition coefficient (Wildman–Crippen LogP) is 16.5. The third-order valence-electron chi connectivity index (χ3n) is 13.1. The zero-order valence-corrected chi connectivity index (χ0v) is 36.8. The van der Waals surface area contributed by atoms with Crippen LogP contribution >= 0.6 is 0 Å². The molecular formula is C63H40N4O. The van der Waals surface area contributed by atoms with Gasteiger partial charge in [0.05, 0.1) is 11.0 Å².